The predicted octanol–water partition coefficient (Wildman–Crippen LogP) is 6.73. The molecule has 1 N–H and O–H groups in total. The molecule has 0 aromatic heterocycles. The van der Waals surface area contributed by atoms with Gasteiger partial charge in [0.1, 0.15) is 0 Å². The highest BCUT2D eigenvalue weighted by Gasteiger charge is 2.34. The summed E-state index contributed by atoms with van der Waals surface area (Å²) in [6.07, 6.45) is -4.58. The molecule has 0 radical (unpaired) electrons. The van der Waals surface area contributed by atoms with Crippen molar-refractivity contribution in [3.8, 4) is 0 Å². The second-order valence-corrected chi connectivity index (χ2v) is 7.52. The molecule has 0 fully saturated rings. The molecule has 3 rings (SSSR count). The minimum atomic E-state index is -4.58. The van der Waals surface area contributed by atoms with Crippen molar-refractivity contribution in [2.45, 2.75) is 29.8 Å². The van der Waals surface area contributed by atoms with Crippen LogP contribution in [0.2, 0.25) is 0 Å². The number of rotatable bonds is 4. The number of carbonyl (C=O) groups excluding carboxylic acids is 1. The summed E-state index contributed by atoms with van der Waals surface area (Å²) in [5.41, 5.74) is 1.52. The van der Waals surface area contributed by atoms with Crippen molar-refractivity contribution in [1.29, 1.82) is 0 Å². The third-order valence-electron chi connectivity index (χ3n) is 4.30. The number of alkyl halides is 3. The van der Waals surface area contributed by atoms with E-state index in [9.17, 15) is 18.0 Å². The fourth-order valence-electron chi connectivity index (χ4n) is 2.65. The maximum atomic E-state index is 13.1. The molecule has 2 nitrogen and oxygen atoms in total. The largest absolute Gasteiger partial charge is 0.417 e. The third kappa shape index (κ3) is 4.75. The van der Waals surface area contributed by atoms with Gasteiger partial charge in [-0.2, -0.15) is 13.2 Å². The van der Waals surface area contributed by atoms with Gasteiger partial charge in [0, 0.05) is 15.5 Å². The molecule has 3 aromatic rings. The topological polar surface area (TPSA) is 29.1 Å². The second kappa shape index (κ2) is 8.10. The van der Waals surface area contributed by atoms with Crippen LogP contribution in [0.3, 0.4) is 0 Å². The van der Waals surface area contributed by atoms with Crippen LogP contribution in [0.25, 0.3) is 0 Å². The van der Waals surface area contributed by atoms with E-state index in [-0.39, 0.29) is 0 Å². The zero-order valence-electron chi connectivity index (χ0n) is 15.3. The lowest BCUT2D eigenvalue weighted by molar-refractivity contribution is -0.137. The lowest BCUT2D eigenvalue weighted by Crippen LogP contribution is -2.18. The first kappa shape index (κ1) is 20.0. The van der Waals surface area contributed by atoms with Crippen molar-refractivity contribution in [3.05, 3.63) is 89.0 Å². The minimum Gasteiger partial charge on any atom is -0.322 e. The number of hydrogen-bond donors (Lipinski definition) is 1. The molecule has 3 aromatic carbocycles. The van der Waals surface area contributed by atoms with E-state index >= 15 is 0 Å². The van der Waals surface area contributed by atoms with Crippen LogP contribution in [-0.2, 0) is 6.18 Å². The van der Waals surface area contributed by atoms with Crippen LogP contribution in [0.4, 0.5) is 18.9 Å². The number of anilines is 1. The van der Waals surface area contributed by atoms with Crippen molar-refractivity contribution in [2.75, 3.05) is 5.32 Å². The van der Waals surface area contributed by atoms with Gasteiger partial charge in [-0.1, -0.05) is 30.0 Å². The molecule has 0 aliphatic carbocycles. The summed E-state index contributed by atoms with van der Waals surface area (Å²) in [6, 6.07) is 17.9. The maximum absolute atomic E-state index is 13.1. The van der Waals surface area contributed by atoms with Crippen LogP contribution in [0.15, 0.2) is 76.5 Å². The Hall–Kier alpha value is -2.73. The van der Waals surface area contributed by atoms with Gasteiger partial charge >= 0.3 is 6.18 Å². The molecule has 0 saturated heterocycles. The number of carbonyl (C=O) groups is 1. The van der Waals surface area contributed by atoms with Crippen LogP contribution in [0, 0.1) is 13.8 Å². The van der Waals surface area contributed by atoms with Crippen molar-refractivity contribution in [3.63, 3.8) is 0 Å². The van der Waals surface area contributed by atoms with Gasteiger partial charge in [0.05, 0.1) is 11.1 Å². The lowest BCUT2D eigenvalue weighted by atomic mass is 10.1. The first-order valence-corrected chi connectivity index (χ1v) is 9.38. The van der Waals surface area contributed by atoms with Crippen molar-refractivity contribution in [2.24, 2.45) is 0 Å². The molecule has 0 spiro atoms. The summed E-state index contributed by atoms with van der Waals surface area (Å²) >= 11 is 1.58. The van der Waals surface area contributed by atoms with Crippen LogP contribution in [0.5, 0.6) is 0 Å². The van der Waals surface area contributed by atoms with Gasteiger partial charge < -0.3 is 5.32 Å². The maximum Gasteiger partial charge on any atom is 0.417 e. The molecule has 28 heavy (non-hydrogen) atoms. The Morgan fingerprint density at radius 3 is 2.14 bits per heavy atom. The van der Waals surface area contributed by atoms with E-state index in [1.165, 1.54) is 29.3 Å². The molecule has 0 atom stereocenters. The first-order valence-electron chi connectivity index (χ1n) is 8.57. The second-order valence-electron chi connectivity index (χ2n) is 6.37. The molecular weight excluding hydrogens is 383 g/mol. The molecule has 144 valence electrons. The Morgan fingerprint density at radius 1 is 0.857 bits per heavy atom. The van der Waals surface area contributed by atoms with Gasteiger partial charge in [0.2, 0.25) is 0 Å². The summed E-state index contributed by atoms with van der Waals surface area (Å²) < 4.78 is 39.2. The van der Waals surface area contributed by atoms with E-state index < -0.39 is 23.2 Å². The average molecular weight is 401 g/mol. The molecule has 0 aliphatic heterocycles. The Morgan fingerprint density at radius 2 is 1.50 bits per heavy atom. The highest BCUT2D eigenvalue weighted by molar-refractivity contribution is 7.99. The van der Waals surface area contributed by atoms with E-state index in [0.29, 0.717) is 5.69 Å². The monoisotopic (exact) mass is 401 g/mol. The number of amides is 1. The fourth-order valence-corrected chi connectivity index (χ4v) is 3.56. The fraction of sp³-hybridized carbons (Fsp3) is 0.136. The van der Waals surface area contributed by atoms with E-state index in [4.69, 9.17) is 0 Å². The van der Waals surface area contributed by atoms with Crippen LogP contribution in [-0.4, -0.2) is 5.91 Å². The number of benzene rings is 3. The quantitative estimate of drug-likeness (QED) is 0.525. The van der Waals surface area contributed by atoms with Gasteiger partial charge in [0.25, 0.3) is 5.91 Å². The smallest absolute Gasteiger partial charge is 0.322 e. The summed E-state index contributed by atoms with van der Waals surface area (Å²) in [6.45, 7) is 4.11. The van der Waals surface area contributed by atoms with Crippen molar-refractivity contribution in [1.82, 2.24) is 0 Å². The SMILES string of the molecule is Cc1ccc(Sc2ccc(NC(=O)c3ccccc3C(F)(F)F)cc2)cc1C. The standard InChI is InChI=1S/C22H18F3NOS/c1-14-7-10-18(13-15(14)2)28-17-11-8-16(9-12-17)26-21(27)19-5-3-4-6-20(19)22(23,24)25/h3-13H,1-2H3,(H,26,27). The average Bonchev–Trinajstić information content (AvgIpc) is 2.65. The summed E-state index contributed by atoms with van der Waals surface area (Å²) in [4.78, 5) is 14.4. The normalized spacial score (nSPS) is 11.3. The first-order chi connectivity index (χ1) is 13.2. The van der Waals surface area contributed by atoms with Gasteiger partial charge in [-0.05, 0) is 73.5 Å². The van der Waals surface area contributed by atoms with Gasteiger partial charge in [-0.3, -0.25) is 4.79 Å². The zero-order valence-corrected chi connectivity index (χ0v) is 16.1. The molecule has 0 unspecified atom stereocenters. The van der Waals surface area contributed by atoms with E-state index in [1.54, 1.807) is 23.9 Å². The van der Waals surface area contributed by atoms with Gasteiger partial charge in [-0.25, -0.2) is 0 Å². The third-order valence-corrected chi connectivity index (χ3v) is 5.30. The highest BCUT2D eigenvalue weighted by Crippen LogP contribution is 2.33. The molecule has 1 amide bonds. The molecule has 0 bridgehead atoms. The summed E-state index contributed by atoms with van der Waals surface area (Å²) in [5, 5.41) is 2.53. The zero-order chi connectivity index (χ0) is 20.3. The van der Waals surface area contributed by atoms with E-state index in [0.717, 1.165) is 15.9 Å². The number of hydrogen-bond acceptors (Lipinski definition) is 2. The number of aryl methyl sites for hydroxylation is 2. The van der Waals surface area contributed by atoms with E-state index in [1.807, 2.05) is 18.2 Å². The Bertz CT molecular complexity index is 997. The lowest BCUT2D eigenvalue weighted by Gasteiger charge is -2.13. The number of nitrogens with one attached hydrogen (secondary N) is 1. The molecular formula is C22H18F3NOS. The highest BCUT2D eigenvalue weighted by atomic mass is 32.2. The van der Waals surface area contributed by atoms with Crippen LogP contribution >= 0.6 is 11.8 Å². The molecule has 0 aliphatic rings. The van der Waals surface area contributed by atoms with Crippen molar-refractivity contribution >= 4 is 23.4 Å². The van der Waals surface area contributed by atoms with Gasteiger partial charge in [0.15, 0.2) is 0 Å². The van der Waals surface area contributed by atoms with Crippen LogP contribution < -0.4 is 5.32 Å². The van der Waals surface area contributed by atoms with Crippen molar-refractivity contribution < 1.29 is 18.0 Å². The summed E-state index contributed by atoms with van der Waals surface area (Å²) in [7, 11) is 0. The predicted molar refractivity (Wildman–Crippen MR) is 106 cm³/mol. The van der Waals surface area contributed by atoms with E-state index in [2.05, 4.69) is 31.3 Å². The van der Waals surface area contributed by atoms with Crippen LogP contribution in [0.1, 0.15) is 27.0 Å². The number of halogens is 3. The minimum absolute atomic E-state index is 0.399. The van der Waals surface area contributed by atoms with Gasteiger partial charge in [-0.15, -0.1) is 0 Å². The Labute approximate surface area is 165 Å². The molecule has 6 heteroatoms. The molecule has 0 saturated carbocycles. The Balaban J connectivity index is 1.72. The Kier molecular flexibility index (Phi) is 5.79. The molecule has 0 heterocycles. The summed E-state index contributed by atoms with van der Waals surface area (Å²) in [5.74, 6) is -0.789.